The predicted molar refractivity (Wildman–Crippen MR) is 360 cm³/mol. The lowest BCUT2D eigenvalue weighted by molar-refractivity contribution is -0.870. The molecule has 0 saturated heterocycles. The molecule has 1 amide bonds. The van der Waals surface area contributed by atoms with Crippen LogP contribution in [0.3, 0.4) is 0 Å². The average molecular weight is 1170 g/mol. The number of quaternary nitrogens is 1. The van der Waals surface area contributed by atoms with Crippen molar-refractivity contribution in [2.75, 3.05) is 40.9 Å². The molecule has 9 heteroatoms. The Bertz CT molecular complexity index is 1570. The van der Waals surface area contributed by atoms with Crippen LogP contribution in [0.5, 0.6) is 0 Å². The van der Waals surface area contributed by atoms with Gasteiger partial charge in [0.2, 0.25) is 5.91 Å². The molecule has 3 N–H and O–H groups in total. The highest BCUT2D eigenvalue weighted by molar-refractivity contribution is 7.47. The fraction of sp³-hybridized carbons (Fsp3) is 0.822. The number of phosphoric ester groups is 1. The van der Waals surface area contributed by atoms with E-state index in [1.165, 1.54) is 244 Å². The van der Waals surface area contributed by atoms with E-state index in [4.69, 9.17) is 9.05 Å². The smallest absolute Gasteiger partial charge is 0.387 e. The lowest BCUT2D eigenvalue weighted by Gasteiger charge is -2.25. The molecule has 0 aliphatic carbocycles. The van der Waals surface area contributed by atoms with Gasteiger partial charge < -0.3 is 19.8 Å². The van der Waals surface area contributed by atoms with Gasteiger partial charge in [-0.1, -0.05) is 337 Å². The minimum Gasteiger partial charge on any atom is -0.387 e. The largest absolute Gasteiger partial charge is 0.472 e. The molecule has 0 aromatic carbocycles. The third-order valence-electron chi connectivity index (χ3n) is 15.9. The summed E-state index contributed by atoms with van der Waals surface area (Å²) in [5.41, 5.74) is 0. The normalized spacial score (nSPS) is 14.1. The van der Waals surface area contributed by atoms with E-state index in [-0.39, 0.29) is 19.1 Å². The number of carbonyl (C=O) groups excluding carboxylic acids is 1. The first-order valence-electron chi connectivity index (χ1n) is 35.3. The number of hydrogen-bond donors (Lipinski definition) is 3. The van der Waals surface area contributed by atoms with Crippen molar-refractivity contribution < 1.29 is 32.9 Å². The SMILES string of the molecule is CC/C=C\C/C=C\C/C=C\C/C=C\C/C=C\CCCCCCCCCCCCCCCCCCCCCCCC(=O)NC(COP(=O)(O)OCC[N+](C)(C)C)C(O)/C=C/CCCCCCCCCCCCCCCCCCCCCCC. The van der Waals surface area contributed by atoms with Crippen molar-refractivity contribution in [1.82, 2.24) is 5.32 Å². The number of carbonyl (C=O) groups is 1. The Balaban J connectivity index is 4.00. The zero-order valence-electron chi connectivity index (χ0n) is 55.0. The highest BCUT2D eigenvalue weighted by Gasteiger charge is 2.28. The van der Waals surface area contributed by atoms with Crippen LogP contribution in [0.1, 0.15) is 335 Å². The first-order valence-corrected chi connectivity index (χ1v) is 36.8. The van der Waals surface area contributed by atoms with Gasteiger partial charge in [-0.25, -0.2) is 4.57 Å². The molecule has 0 aliphatic heterocycles. The van der Waals surface area contributed by atoms with Crippen LogP contribution in [-0.4, -0.2) is 73.4 Å². The molecule has 3 atom stereocenters. The second kappa shape index (κ2) is 63.4. The van der Waals surface area contributed by atoms with Crippen molar-refractivity contribution in [1.29, 1.82) is 0 Å². The van der Waals surface area contributed by atoms with E-state index in [9.17, 15) is 19.4 Å². The second-order valence-electron chi connectivity index (χ2n) is 25.2. The zero-order chi connectivity index (χ0) is 59.8. The van der Waals surface area contributed by atoms with E-state index in [0.29, 0.717) is 17.4 Å². The number of aliphatic hydroxyl groups is 1. The van der Waals surface area contributed by atoms with Gasteiger partial charge >= 0.3 is 7.82 Å². The Morgan fingerprint density at radius 1 is 0.427 bits per heavy atom. The third kappa shape index (κ3) is 65.5. The number of nitrogens with one attached hydrogen (secondary N) is 1. The highest BCUT2D eigenvalue weighted by Crippen LogP contribution is 2.43. The van der Waals surface area contributed by atoms with Gasteiger partial charge in [-0.05, 0) is 64.2 Å². The monoisotopic (exact) mass is 1170 g/mol. The molecule has 0 saturated carbocycles. The van der Waals surface area contributed by atoms with Crippen LogP contribution in [0.15, 0.2) is 72.9 Å². The van der Waals surface area contributed by atoms with Crippen molar-refractivity contribution in [2.24, 2.45) is 0 Å². The maximum Gasteiger partial charge on any atom is 0.472 e. The molecule has 8 nitrogen and oxygen atoms in total. The Morgan fingerprint density at radius 3 is 1.07 bits per heavy atom. The van der Waals surface area contributed by atoms with E-state index in [1.807, 2.05) is 27.2 Å². The van der Waals surface area contributed by atoms with Crippen LogP contribution in [-0.2, 0) is 18.4 Å². The van der Waals surface area contributed by atoms with Gasteiger partial charge in [-0.15, -0.1) is 0 Å². The summed E-state index contributed by atoms with van der Waals surface area (Å²) in [5.74, 6) is -0.172. The molecule has 82 heavy (non-hydrogen) atoms. The van der Waals surface area contributed by atoms with Gasteiger partial charge in [0.15, 0.2) is 0 Å². The molecule has 0 radical (unpaired) electrons. The fourth-order valence-corrected chi connectivity index (χ4v) is 11.2. The molecule has 3 unspecified atom stereocenters. The Kier molecular flexibility index (Phi) is 61.8. The topological polar surface area (TPSA) is 105 Å². The Hall–Kier alpha value is -2.06. The Labute approximate surface area is 510 Å². The predicted octanol–water partition coefficient (Wildman–Crippen LogP) is 22.6. The molecule has 0 aromatic rings. The van der Waals surface area contributed by atoms with Gasteiger partial charge in [0.05, 0.1) is 39.9 Å². The van der Waals surface area contributed by atoms with Gasteiger partial charge in [0.25, 0.3) is 0 Å². The number of amides is 1. The standard InChI is InChI=1S/C73H137N2O6P/c1-6-8-10-12-14-16-18-20-22-24-26-28-30-31-32-33-34-35-36-37-38-39-40-41-42-43-45-47-49-51-53-55-57-59-61-63-65-67-73(77)74-71(70-81-82(78,79)80-69-68-75(3,4)5)72(76)66-64-62-60-58-56-54-52-50-48-46-44-29-27-25-23-21-19-17-15-13-11-9-7-2/h8,10,14,16,20,22,26,28,31-32,64,66,71-72,76H,6-7,9,11-13,15,17-19,21,23-25,27,29-30,33-63,65,67-70H2,1-5H3,(H-,74,77,78,79)/p+1/b10-8-,16-14-,22-20-,28-26-,32-31-,66-64+. The van der Waals surface area contributed by atoms with E-state index in [1.54, 1.807) is 6.08 Å². The van der Waals surface area contributed by atoms with Crippen LogP contribution < -0.4 is 5.32 Å². The van der Waals surface area contributed by atoms with Crippen LogP contribution >= 0.6 is 7.82 Å². The molecule has 0 aromatic heterocycles. The molecule has 0 rings (SSSR count). The second-order valence-corrected chi connectivity index (χ2v) is 26.7. The van der Waals surface area contributed by atoms with E-state index >= 15 is 0 Å². The maximum atomic E-state index is 13.1. The summed E-state index contributed by atoms with van der Waals surface area (Å²) >= 11 is 0. The average Bonchev–Trinajstić information content (AvgIpc) is 3.47. The summed E-state index contributed by atoms with van der Waals surface area (Å²) < 4.78 is 23.8. The number of nitrogens with zero attached hydrogens (tertiary/aromatic N) is 1. The van der Waals surface area contributed by atoms with Crippen molar-refractivity contribution in [3.63, 3.8) is 0 Å². The molecular formula is C73H138N2O6P+. The lowest BCUT2D eigenvalue weighted by atomic mass is 10.0. The Morgan fingerprint density at radius 2 is 0.732 bits per heavy atom. The van der Waals surface area contributed by atoms with Gasteiger partial charge in [0, 0.05) is 6.42 Å². The summed E-state index contributed by atoms with van der Waals surface area (Å²) in [6, 6.07) is -0.848. The fourth-order valence-electron chi connectivity index (χ4n) is 10.5. The van der Waals surface area contributed by atoms with E-state index < -0.39 is 20.0 Å². The maximum absolute atomic E-state index is 13.1. The number of hydrogen-bond acceptors (Lipinski definition) is 5. The van der Waals surface area contributed by atoms with Gasteiger partial charge in [-0.3, -0.25) is 13.8 Å². The number of unbranched alkanes of at least 4 members (excludes halogenated alkanes) is 42. The van der Waals surface area contributed by atoms with Crippen molar-refractivity contribution >= 4 is 13.7 Å². The summed E-state index contributed by atoms with van der Waals surface area (Å²) in [7, 11) is 1.58. The summed E-state index contributed by atoms with van der Waals surface area (Å²) in [6.45, 7) is 4.75. The molecule has 0 heterocycles. The van der Waals surface area contributed by atoms with Crippen LogP contribution in [0.25, 0.3) is 0 Å². The summed E-state index contributed by atoms with van der Waals surface area (Å²) in [5, 5.41) is 14.0. The van der Waals surface area contributed by atoms with Crippen molar-refractivity contribution in [3.05, 3.63) is 72.9 Å². The first-order chi connectivity index (χ1) is 40.0. The summed E-state index contributed by atoms with van der Waals surface area (Å²) in [6.07, 6.45) is 89.1. The first kappa shape index (κ1) is 79.9. The molecule has 0 fully saturated rings. The van der Waals surface area contributed by atoms with Crippen molar-refractivity contribution in [2.45, 2.75) is 347 Å². The van der Waals surface area contributed by atoms with Gasteiger partial charge in [-0.2, -0.15) is 0 Å². The molecule has 0 spiro atoms. The number of likely N-dealkylation sites (N-methyl/N-ethyl adjacent to an activating group) is 1. The third-order valence-corrected chi connectivity index (χ3v) is 16.9. The van der Waals surface area contributed by atoms with Crippen LogP contribution in [0.2, 0.25) is 0 Å². The molecular weight excluding hydrogens is 1030 g/mol. The minimum atomic E-state index is -4.35. The summed E-state index contributed by atoms with van der Waals surface area (Å²) in [4.78, 5) is 23.4. The molecule has 480 valence electrons. The number of allylic oxidation sites excluding steroid dienone is 11. The number of aliphatic hydroxyl groups excluding tert-OH is 1. The van der Waals surface area contributed by atoms with Crippen LogP contribution in [0, 0.1) is 0 Å². The highest BCUT2D eigenvalue weighted by atomic mass is 31.2. The number of rotatable bonds is 65. The van der Waals surface area contributed by atoms with Crippen LogP contribution in [0.4, 0.5) is 0 Å². The molecule has 0 aliphatic rings. The van der Waals surface area contributed by atoms with E-state index in [2.05, 4.69) is 79.9 Å². The van der Waals surface area contributed by atoms with E-state index in [0.717, 1.165) is 70.6 Å². The molecule has 0 bridgehead atoms. The lowest BCUT2D eigenvalue weighted by Crippen LogP contribution is -2.45. The minimum absolute atomic E-state index is 0.0620. The number of phosphoric acid groups is 1. The zero-order valence-corrected chi connectivity index (χ0v) is 55.9. The quantitative estimate of drug-likeness (QED) is 0.0243. The van der Waals surface area contributed by atoms with Crippen molar-refractivity contribution in [3.8, 4) is 0 Å². The van der Waals surface area contributed by atoms with Gasteiger partial charge in [0.1, 0.15) is 13.2 Å².